The predicted molar refractivity (Wildman–Crippen MR) is 128 cm³/mol. The van der Waals surface area contributed by atoms with Crippen LogP contribution in [0.3, 0.4) is 0 Å². The molecule has 0 aromatic heterocycles. The van der Waals surface area contributed by atoms with Crippen molar-refractivity contribution in [2.45, 2.75) is 52.4 Å². The predicted octanol–water partition coefficient (Wildman–Crippen LogP) is 4.64. The number of benzene rings is 2. The molecule has 1 atom stereocenters. The Morgan fingerprint density at radius 2 is 1.76 bits per heavy atom. The number of hydrogen-bond donors (Lipinski definition) is 2. The van der Waals surface area contributed by atoms with Crippen LogP contribution in [0, 0.1) is 0 Å². The van der Waals surface area contributed by atoms with Crippen LogP contribution >= 0.6 is 0 Å². The molecule has 1 aliphatic heterocycles. The summed E-state index contributed by atoms with van der Waals surface area (Å²) < 4.78 is 22.2. The fourth-order valence-electron chi connectivity index (χ4n) is 3.70. The zero-order chi connectivity index (χ0) is 24.7. The molecule has 3 rings (SSSR count). The Balaban J connectivity index is 1.89. The summed E-state index contributed by atoms with van der Waals surface area (Å²) >= 11 is 0. The lowest BCUT2D eigenvalue weighted by atomic mass is 9.93. The maximum absolute atomic E-state index is 13.0. The van der Waals surface area contributed by atoms with E-state index in [9.17, 15) is 9.59 Å². The highest BCUT2D eigenvalue weighted by Gasteiger charge is 2.34. The number of esters is 1. The van der Waals surface area contributed by atoms with Gasteiger partial charge in [0.05, 0.1) is 31.9 Å². The van der Waals surface area contributed by atoms with Crippen molar-refractivity contribution in [2.24, 2.45) is 0 Å². The van der Waals surface area contributed by atoms with Crippen molar-refractivity contribution in [3.05, 3.63) is 64.9 Å². The van der Waals surface area contributed by atoms with E-state index in [0.29, 0.717) is 41.4 Å². The van der Waals surface area contributed by atoms with E-state index in [0.717, 1.165) is 17.7 Å². The molecule has 1 heterocycles. The van der Waals surface area contributed by atoms with Gasteiger partial charge in [0.1, 0.15) is 12.4 Å². The van der Waals surface area contributed by atoms with Gasteiger partial charge in [-0.1, -0.05) is 31.5 Å². The van der Waals surface area contributed by atoms with E-state index < -0.39 is 12.0 Å². The van der Waals surface area contributed by atoms with Gasteiger partial charge in [0.2, 0.25) is 0 Å². The number of methoxy groups -OCH3 is 2. The first kappa shape index (κ1) is 25.0. The quantitative estimate of drug-likeness (QED) is 0.493. The number of nitrogens with one attached hydrogen (secondary N) is 2. The number of allylic oxidation sites excluding steroid dienone is 1. The maximum atomic E-state index is 13.0. The van der Waals surface area contributed by atoms with Gasteiger partial charge in [0, 0.05) is 5.70 Å². The Labute approximate surface area is 200 Å². The van der Waals surface area contributed by atoms with Gasteiger partial charge in [-0.25, -0.2) is 9.59 Å². The minimum Gasteiger partial charge on any atom is -0.497 e. The van der Waals surface area contributed by atoms with E-state index in [-0.39, 0.29) is 12.1 Å². The summed E-state index contributed by atoms with van der Waals surface area (Å²) in [6, 6.07) is 11.9. The van der Waals surface area contributed by atoms with Gasteiger partial charge >= 0.3 is 12.0 Å². The fraction of sp³-hybridized carbons (Fsp3) is 0.385. The molecule has 0 saturated heterocycles. The van der Waals surface area contributed by atoms with Gasteiger partial charge in [-0.3, -0.25) is 0 Å². The Morgan fingerprint density at radius 3 is 2.38 bits per heavy atom. The van der Waals surface area contributed by atoms with E-state index >= 15 is 0 Å². The second kappa shape index (κ2) is 11.4. The van der Waals surface area contributed by atoms with Crippen LogP contribution in [0.15, 0.2) is 53.7 Å². The van der Waals surface area contributed by atoms with Crippen LogP contribution in [0.4, 0.5) is 4.79 Å². The van der Waals surface area contributed by atoms with Crippen LogP contribution in [-0.2, 0) is 16.1 Å². The van der Waals surface area contributed by atoms with E-state index in [4.69, 9.17) is 18.9 Å². The van der Waals surface area contributed by atoms with Crippen LogP contribution in [0.25, 0.3) is 0 Å². The standard InChI is InChI=1S/C26H32N2O6/c1-6-7-20-23(25(29)34-16(2)3)24(28-26(30)27-20)18-10-13-21(22(14-18)32-5)33-15-17-8-11-19(31-4)12-9-17/h8-14,16,24H,6-7,15H2,1-5H3,(H2,27,28,30). The minimum atomic E-state index is -0.675. The third kappa shape index (κ3) is 6.01. The molecule has 0 aliphatic carbocycles. The van der Waals surface area contributed by atoms with Gasteiger partial charge in [-0.2, -0.15) is 0 Å². The van der Waals surface area contributed by atoms with Crippen molar-refractivity contribution >= 4 is 12.0 Å². The molecule has 0 spiro atoms. The molecule has 34 heavy (non-hydrogen) atoms. The zero-order valence-electron chi connectivity index (χ0n) is 20.3. The van der Waals surface area contributed by atoms with E-state index in [1.165, 1.54) is 0 Å². The molecule has 2 amide bonds. The molecule has 2 N–H and O–H groups in total. The van der Waals surface area contributed by atoms with Crippen molar-refractivity contribution in [2.75, 3.05) is 14.2 Å². The fourth-order valence-corrected chi connectivity index (χ4v) is 3.70. The summed E-state index contributed by atoms with van der Waals surface area (Å²) in [6.07, 6.45) is 1.03. The highest BCUT2D eigenvalue weighted by molar-refractivity contribution is 5.95. The van der Waals surface area contributed by atoms with Gasteiger partial charge in [0.25, 0.3) is 0 Å². The summed E-state index contributed by atoms with van der Waals surface area (Å²) in [4.78, 5) is 25.3. The summed E-state index contributed by atoms with van der Waals surface area (Å²) in [7, 11) is 3.17. The van der Waals surface area contributed by atoms with Crippen LogP contribution in [-0.4, -0.2) is 32.3 Å². The molecule has 0 saturated carbocycles. The Bertz CT molecular complexity index is 1050. The van der Waals surface area contributed by atoms with Crippen molar-refractivity contribution in [3.8, 4) is 17.2 Å². The third-order valence-electron chi connectivity index (χ3n) is 5.29. The molecule has 0 bridgehead atoms. The maximum Gasteiger partial charge on any atom is 0.338 e. The van der Waals surface area contributed by atoms with E-state index in [1.54, 1.807) is 40.2 Å². The van der Waals surface area contributed by atoms with Crippen LogP contribution in [0.2, 0.25) is 0 Å². The molecular weight excluding hydrogens is 436 g/mol. The lowest BCUT2D eigenvalue weighted by molar-refractivity contribution is -0.143. The summed E-state index contributed by atoms with van der Waals surface area (Å²) in [5.41, 5.74) is 2.63. The molecular formula is C26H32N2O6. The number of hydrogen-bond acceptors (Lipinski definition) is 6. The van der Waals surface area contributed by atoms with E-state index in [1.807, 2.05) is 37.3 Å². The first-order chi connectivity index (χ1) is 16.4. The van der Waals surface area contributed by atoms with Gasteiger partial charge in [-0.15, -0.1) is 0 Å². The Morgan fingerprint density at radius 1 is 1.03 bits per heavy atom. The third-order valence-corrected chi connectivity index (χ3v) is 5.29. The molecule has 182 valence electrons. The number of carbonyl (C=O) groups is 2. The molecule has 8 heteroatoms. The lowest BCUT2D eigenvalue weighted by Gasteiger charge is -2.30. The zero-order valence-corrected chi connectivity index (χ0v) is 20.3. The first-order valence-electron chi connectivity index (χ1n) is 11.3. The van der Waals surface area contributed by atoms with Gasteiger partial charge in [-0.05, 0) is 55.7 Å². The van der Waals surface area contributed by atoms with E-state index in [2.05, 4.69) is 10.6 Å². The Hall–Kier alpha value is -3.68. The number of urea groups is 1. The van der Waals surface area contributed by atoms with Crippen molar-refractivity contribution in [1.82, 2.24) is 10.6 Å². The van der Waals surface area contributed by atoms with Crippen LogP contribution < -0.4 is 24.8 Å². The number of amides is 2. The molecule has 8 nitrogen and oxygen atoms in total. The van der Waals surface area contributed by atoms with Gasteiger partial charge < -0.3 is 29.6 Å². The van der Waals surface area contributed by atoms with Crippen molar-refractivity contribution in [1.29, 1.82) is 0 Å². The molecule has 0 radical (unpaired) electrons. The highest BCUT2D eigenvalue weighted by Crippen LogP contribution is 2.35. The summed E-state index contributed by atoms with van der Waals surface area (Å²) in [6.45, 7) is 5.91. The molecule has 2 aromatic carbocycles. The van der Waals surface area contributed by atoms with Crippen molar-refractivity contribution in [3.63, 3.8) is 0 Å². The molecule has 2 aromatic rings. The average Bonchev–Trinajstić information content (AvgIpc) is 2.82. The molecule has 1 unspecified atom stereocenters. The average molecular weight is 469 g/mol. The first-order valence-corrected chi connectivity index (χ1v) is 11.3. The number of ether oxygens (including phenoxy) is 4. The summed E-state index contributed by atoms with van der Waals surface area (Å²) in [5.74, 6) is 1.35. The topological polar surface area (TPSA) is 95.1 Å². The Kier molecular flexibility index (Phi) is 8.40. The molecule has 1 aliphatic rings. The van der Waals surface area contributed by atoms with Crippen LogP contribution in [0.1, 0.15) is 50.8 Å². The van der Waals surface area contributed by atoms with Crippen molar-refractivity contribution < 1.29 is 28.5 Å². The second-order valence-electron chi connectivity index (χ2n) is 8.17. The second-order valence-corrected chi connectivity index (χ2v) is 8.17. The van der Waals surface area contributed by atoms with Crippen LogP contribution in [0.5, 0.6) is 17.2 Å². The summed E-state index contributed by atoms with van der Waals surface area (Å²) in [5, 5.41) is 5.62. The largest absolute Gasteiger partial charge is 0.497 e. The monoisotopic (exact) mass is 468 g/mol. The smallest absolute Gasteiger partial charge is 0.338 e. The SMILES string of the molecule is CCCC1=C(C(=O)OC(C)C)C(c2ccc(OCc3ccc(OC)cc3)c(OC)c2)NC(=O)N1. The normalized spacial score (nSPS) is 15.5. The number of carbonyl (C=O) groups excluding carboxylic acids is 2. The number of rotatable bonds is 10. The highest BCUT2D eigenvalue weighted by atomic mass is 16.5. The van der Waals surface area contributed by atoms with Gasteiger partial charge in [0.15, 0.2) is 11.5 Å². The molecule has 0 fully saturated rings. The lowest BCUT2D eigenvalue weighted by Crippen LogP contribution is -2.46. The minimum absolute atomic E-state index is 0.288.